The molecule has 9 atom stereocenters. The molecule has 1 aliphatic carbocycles. The second-order valence-electron chi connectivity index (χ2n) is 16.3. The summed E-state index contributed by atoms with van der Waals surface area (Å²) in [4.78, 5) is 54.2. The summed E-state index contributed by atoms with van der Waals surface area (Å²) < 4.78 is 49.3. The largest absolute Gasteiger partial charge is 0.472 e. The highest BCUT2D eigenvalue weighted by Crippen LogP contribution is 2.49. The van der Waals surface area contributed by atoms with Gasteiger partial charge >= 0.3 is 27.6 Å². The zero-order valence-electron chi connectivity index (χ0n) is 38.1. The zero-order valence-corrected chi connectivity index (χ0v) is 39.9. The Morgan fingerprint density at radius 1 is 0.578 bits per heavy atom. The van der Waals surface area contributed by atoms with E-state index in [9.17, 15) is 49.1 Å². The minimum Gasteiger partial charge on any atom is -0.462 e. The molecule has 0 heterocycles. The number of carbonyl (C=O) groups excluding carboxylic acids is 2. The molecule has 372 valence electrons. The number of aliphatic hydroxyl groups excluding tert-OH is 5. The van der Waals surface area contributed by atoms with Gasteiger partial charge in [-0.15, -0.1) is 0 Å². The van der Waals surface area contributed by atoms with Crippen molar-refractivity contribution in [2.75, 3.05) is 13.2 Å². The van der Waals surface area contributed by atoms with Gasteiger partial charge in [0.05, 0.1) is 12.7 Å². The van der Waals surface area contributed by atoms with Crippen molar-refractivity contribution in [3.8, 4) is 0 Å². The molecule has 0 bridgehead atoms. The topological polar surface area (TPSA) is 276 Å². The van der Waals surface area contributed by atoms with Crippen LogP contribution in [0, 0.1) is 0 Å². The van der Waals surface area contributed by atoms with Crippen molar-refractivity contribution >= 4 is 27.6 Å². The number of allylic oxidation sites excluding steroid dienone is 6. The van der Waals surface area contributed by atoms with Gasteiger partial charge in [-0.3, -0.25) is 23.2 Å². The van der Waals surface area contributed by atoms with Gasteiger partial charge in [0, 0.05) is 12.8 Å². The quantitative estimate of drug-likeness (QED) is 0.00979. The fraction of sp³-hybridized carbons (Fsp3) is 0.778. The summed E-state index contributed by atoms with van der Waals surface area (Å²) >= 11 is 0. The standard InChI is InChI=1S/C45H80O17P2/c1-3-5-7-8-9-10-11-12-13-14-15-18-21-24-28-32-38(47)58-34-37(60-39(48)33-29-25-22-19-16-17-20-23-27-31-36(46)30-26-6-4-2)35-59-64(56,57)62-45-42(51)40(49)41(50)44(43(45)52)61-63(53,54)55/h6,12-13,20,23,26-27,31,36-37,40-46,49-52H,3-5,7-11,14-19,21-22,24-25,28-30,32-35H2,1-2H3,(H,56,57)(H2,53,54,55)/b13-12-,23-20+,26-6+,31-27+/t36?,37-,40?,41?,42?,43?,44-,45+/m1/s1. The number of phosphoric acid groups is 2. The van der Waals surface area contributed by atoms with Crippen LogP contribution >= 0.6 is 15.6 Å². The van der Waals surface area contributed by atoms with Gasteiger partial charge in [0.2, 0.25) is 0 Å². The molecule has 0 saturated heterocycles. The van der Waals surface area contributed by atoms with E-state index in [-0.39, 0.29) is 12.8 Å². The molecule has 0 aliphatic heterocycles. The van der Waals surface area contributed by atoms with Crippen LogP contribution < -0.4 is 0 Å². The van der Waals surface area contributed by atoms with Crippen LogP contribution in [0.25, 0.3) is 0 Å². The lowest BCUT2D eigenvalue weighted by molar-refractivity contribution is -0.216. The van der Waals surface area contributed by atoms with Gasteiger partial charge in [0.25, 0.3) is 0 Å². The van der Waals surface area contributed by atoms with E-state index in [1.165, 1.54) is 38.5 Å². The summed E-state index contributed by atoms with van der Waals surface area (Å²) in [6.07, 6.45) is 21.1. The summed E-state index contributed by atoms with van der Waals surface area (Å²) in [5, 5.41) is 51.1. The van der Waals surface area contributed by atoms with Crippen LogP contribution in [0.2, 0.25) is 0 Å². The van der Waals surface area contributed by atoms with Crippen LogP contribution in [0.4, 0.5) is 0 Å². The highest BCUT2D eigenvalue weighted by molar-refractivity contribution is 7.47. The lowest BCUT2D eigenvalue weighted by atomic mass is 9.85. The number of phosphoric ester groups is 2. The molecule has 64 heavy (non-hydrogen) atoms. The Morgan fingerprint density at radius 2 is 1.09 bits per heavy atom. The van der Waals surface area contributed by atoms with E-state index in [0.717, 1.165) is 77.0 Å². The summed E-state index contributed by atoms with van der Waals surface area (Å²) in [6.45, 7) is 2.86. The Kier molecular flexibility index (Phi) is 33.7. The Morgan fingerprint density at radius 3 is 1.66 bits per heavy atom. The number of hydrogen-bond donors (Lipinski definition) is 8. The van der Waals surface area contributed by atoms with Crippen molar-refractivity contribution in [3.05, 3.63) is 48.6 Å². The predicted octanol–water partition coefficient (Wildman–Crippen LogP) is 7.48. The van der Waals surface area contributed by atoms with E-state index in [2.05, 4.69) is 23.6 Å². The third-order valence-electron chi connectivity index (χ3n) is 10.5. The molecule has 0 radical (unpaired) electrons. The van der Waals surface area contributed by atoms with E-state index >= 15 is 0 Å². The summed E-state index contributed by atoms with van der Waals surface area (Å²) in [7, 11) is -10.7. The smallest absolute Gasteiger partial charge is 0.462 e. The molecule has 0 spiro atoms. The van der Waals surface area contributed by atoms with E-state index < -0.39 is 89.6 Å². The van der Waals surface area contributed by atoms with Crippen molar-refractivity contribution in [2.45, 2.75) is 210 Å². The molecule has 19 heteroatoms. The molecule has 0 aromatic carbocycles. The minimum absolute atomic E-state index is 0.00521. The molecule has 1 fully saturated rings. The fourth-order valence-corrected chi connectivity index (χ4v) is 8.36. The molecule has 8 N–H and O–H groups in total. The molecule has 17 nitrogen and oxygen atoms in total. The predicted molar refractivity (Wildman–Crippen MR) is 243 cm³/mol. The molecule has 1 saturated carbocycles. The first-order valence-corrected chi connectivity index (χ1v) is 26.3. The highest BCUT2D eigenvalue weighted by atomic mass is 31.2. The SMILES string of the molecule is CC/C=C/CC(O)/C=C/C=C/CCCCCCCC(=O)O[C@H](COC(=O)CCCCCCC/C=C\CCCCCCCC)COP(=O)(O)O[C@H]1C(O)C(O)C(O)[C@@H](OP(=O)(O)O)C1O. The highest BCUT2D eigenvalue weighted by Gasteiger charge is 2.54. The van der Waals surface area contributed by atoms with Gasteiger partial charge < -0.3 is 49.7 Å². The second-order valence-corrected chi connectivity index (χ2v) is 18.9. The third-order valence-corrected chi connectivity index (χ3v) is 12.0. The van der Waals surface area contributed by atoms with Crippen LogP contribution in [0.5, 0.6) is 0 Å². The van der Waals surface area contributed by atoms with Crippen LogP contribution in [-0.4, -0.2) is 114 Å². The molecule has 0 aromatic heterocycles. The number of hydrogen-bond acceptors (Lipinski definition) is 14. The first-order chi connectivity index (χ1) is 30.5. The molecule has 6 unspecified atom stereocenters. The van der Waals surface area contributed by atoms with Gasteiger partial charge in [-0.2, -0.15) is 0 Å². The van der Waals surface area contributed by atoms with Gasteiger partial charge in [0.1, 0.15) is 43.2 Å². The lowest BCUT2D eigenvalue weighted by Crippen LogP contribution is -2.64. The summed E-state index contributed by atoms with van der Waals surface area (Å²) in [5.74, 6) is -1.27. The number of ether oxygens (including phenoxy) is 2. The Bertz CT molecular complexity index is 1450. The maximum Gasteiger partial charge on any atom is 0.472 e. The first-order valence-electron chi connectivity index (χ1n) is 23.3. The van der Waals surface area contributed by atoms with Crippen molar-refractivity contribution in [1.29, 1.82) is 0 Å². The Balaban J connectivity index is 2.64. The lowest BCUT2D eigenvalue weighted by Gasteiger charge is -2.43. The van der Waals surface area contributed by atoms with Crippen molar-refractivity contribution in [1.82, 2.24) is 0 Å². The number of carbonyl (C=O) groups is 2. The maximum atomic E-state index is 13.0. The number of aliphatic hydroxyl groups is 5. The normalized spacial score (nSPS) is 22.7. The Labute approximate surface area is 380 Å². The molecule has 1 aliphatic rings. The minimum atomic E-state index is -5.37. The number of rotatable bonds is 38. The average molecular weight is 955 g/mol. The van der Waals surface area contributed by atoms with E-state index in [0.29, 0.717) is 19.3 Å². The van der Waals surface area contributed by atoms with E-state index in [4.69, 9.17) is 28.3 Å². The van der Waals surface area contributed by atoms with Crippen LogP contribution in [0.15, 0.2) is 48.6 Å². The molecule has 0 amide bonds. The summed E-state index contributed by atoms with van der Waals surface area (Å²) in [5.41, 5.74) is 0. The summed E-state index contributed by atoms with van der Waals surface area (Å²) in [6, 6.07) is 0. The van der Waals surface area contributed by atoms with Crippen molar-refractivity contribution in [2.24, 2.45) is 0 Å². The fourth-order valence-electron chi connectivity index (χ4n) is 6.82. The Hall–Kier alpha value is -2.08. The van der Waals surface area contributed by atoms with E-state index in [1.54, 1.807) is 6.08 Å². The van der Waals surface area contributed by atoms with Gasteiger partial charge in [-0.25, -0.2) is 9.13 Å². The maximum absolute atomic E-state index is 13.0. The van der Waals surface area contributed by atoms with Crippen LogP contribution in [0.3, 0.4) is 0 Å². The molecular formula is C45H80O17P2. The third kappa shape index (κ3) is 30.3. The monoisotopic (exact) mass is 954 g/mol. The van der Waals surface area contributed by atoms with Crippen molar-refractivity contribution in [3.63, 3.8) is 0 Å². The van der Waals surface area contributed by atoms with Crippen LogP contribution in [0.1, 0.15) is 162 Å². The second kappa shape index (κ2) is 36.0. The zero-order chi connectivity index (χ0) is 47.6. The van der Waals surface area contributed by atoms with Gasteiger partial charge in [-0.05, 0) is 64.2 Å². The number of esters is 2. The molecular weight excluding hydrogens is 874 g/mol. The van der Waals surface area contributed by atoms with Crippen molar-refractivity contribution < 1.29 is 82.0 Å². The van der Waals surface area contributed by atoms with E-state index in [1.807, 2.05) is 37.3 Å². The number of unbranched alkanes of at least 4 members (excludes halogenated alkanes) is 16. The average Bonchev–Trinajstić information content (AvgIpc) is 3.24. The first kappa shape index (κ1) is 59.9. The molecule has 0 aromatic rings. The molecule has 1 rings (SSSR count). The van der Waals surface area contributed by atoms with Gasteiger partial charge in [0.15, 0.2) is 6.10 Å². The van der Waals surface area contributed by atoms with Gasteiger partial charge in [-0.1, -0.05) is 133 Å². The van der Waals surface area contributed by atoms with Crippen LogP contribution in [-0.2, 0) is 41.8 Å².